The van der Waals surface area contributed by atoms with Gasteiger partial charge in [0, 0.05) is 31.8 Å². The van der Waals surface area contributed by atoms with Gasteiger partial charge in [0.05, 0.1) is 27.8 Å². The van der Waals surface area contributed by atoms with Crippen molar-refractivity contribution in [3.63, 3.8) is 0 Å². The van der Waals surface area contributed by atoms with Crippen LogP contribution in [-0.4, -0.2) is 68.9 Å². The number of β-amino-alcohol motifs (C(OH)–C–C–N with tert-alkyl or cyclic N) is 1. The number of halogens is 1. The van der Waals surface area contributed by atoms with Crippen LogP contribution in [0.25, 0.3) is 0 Å². The van der Waals surface area contributed by atoms with Crippen LogP contribution in [0.5, 0.6) is 0 Å². The van der Waals surface area contributed by atoms with E-state index in [2.05, 4.69) is 22.4 Å². The number of aliphatic imine (C=N–C) groups is 1. The minimum absolute atomic E-state index is 0.0462. The average molecular weight is 569 g/mol. The SMILES string of the molecule is CC1=NCSC1c1ccc(CNC(=O)C2CC(O)CN2C(=O)C(C(C)C)N2Cc3cccc(Cl)c3C2=O)cc1. The number of amides is 3. The first-order valence-corrected chi connectivity index (χ1v) is 14.6. The maximum absolute atomic E-state index is 13.9. The summed E-state index contributed by atoms with van der Waals surface area (Å²) in [5.74, 6) is -0.374. The molecule has 2 aromatic rings. The van der Waals surface area contributed by atoms with E-state index in [4.69, 9.17) is 11.6 Å². The van der Waals surface area contributed by atoms with Gasteiger partial charge >= 0.3 is 0 Å². The smallest absolute Gasteiger partial charge is 0.256 e. The van der Waals surface area contributed by atoms with E-state index in [-0.39, 0.29) is 48.4 Å². The Bertz CT molecular complexity index is 1310. The topological polar surface area (TPSA) is 102 Å². The van der Waals surface area contributed by atoms with Crippen LogP contribution in [0.15, 0.2) is 47.5 Å². The van der Waals surface area contributed by atoms with Crippen molar-refractivity contribution >= 4 is 46.8 Å². The van der Waals surface area contributed by atoms with Crippen molar-refractivity contribution in [1.29, 1.82) is 0 Å². The highest BCUT2D eigenvalue weighted by Crippen LogP contribution is 2.35. The summed E-state index contributed by atoms with van der Waals surface area (Å²) in [6.07, 6.45) is -0.662. The number of hydrogen-bond acceptors (Lipinski definition) is 6. The molecule has 2 aromatic carbocycles. The van der Waals surface area contributed by atoms with Crippen LogP contribution >= 0.6 is 23.4 Å². The number of rotatable bonds is 7. The Morgan fingerprint density at radius 2 is 1.95 bits per heavy atom. The molecule has 3 aliphatic heterocycles. The van der Waals surface area contributed by atoms with E-state index in [9.17, 15) is 19.5 Å². The first-order valence-electron chi connectivity index (χ1n) is 13.2. The zero-order valence-corrected chi connectivity index (χ0v) is 23.8. The highest BCUT2D eigenvalue weighted by molar-refractivity contribution is 8.00. The van der Waals surface area contributed by atoms with Crippen molar-refractivity contribution in [3.8, 4) is 0 Å². The predicted molar refractivity (Wildman–Crippen MR) is 153 cm³/mol. The van der Waals surface area contributed by atoms with Gasteiger partial charge in [-0.1, -0.05) is 61.8 Å². The molecule has 206 valence electrons. The summed E-state index contributed by atoms with van der Waals surface area (Å²) in [7, 11) is 0. The number of hydrogen-bond donors (Lipinski definition) is 2. The van der Waals surface area contributed by atoms with Gasteiger partial charge in [0.25, 0.3) is 5.91 Å². The van der Waals surface area contributed by atoms with E-state index >= 15 is 0 Å². The Hall–Kier alpha value is -2.88. The van der Waals surface area contributed by atoms with Crippen LogP contribution in [0.3, 0.4) is 0 Å². The summed E-state index contributed by atoms with van der Waals surface area (Å²) in [4.78, 5) is 47.9. The molecule has 3 amide bonds. The molecular weight excluding hydrogens is 536 g/mol. The number of carbonyl (C=O) groups excluding carboxylic acids is 3. The summed E-state index contributed by atoms with van der Waals surface area (Å²) >= 11 is 8.10. The Balaban J connectivity index is 1.27. The summed E-state index contributed by atoms with van der Waals surface area (Å²) < 4.78 is 0. The van der Waals surface area contributed by atoms with Crippen LogP contribution in [-0.2, 0) is 22.7 Å². The molecule has 10 heteroatoms. The van der Waals surface area contributed by atoms with Gasteiger partial charge in [-0.25, -0.2) is 0 Å². The van der Waals surface area contributed by atoms with Gasteiger partial charge in [-0.15, -0.1) is 11.8 Å². The minimum Gasteiger partial charge on any atom is -0.391 e. The van der Waals surface area contributed by atoms with Gasteiger partial charge in [-0.2, -0.15) is 0 Å². The second-order valence-electron chi connectivity index (χ2n) is 10.7. The van der Waals surface area contributed by atoms with Gasteiger partial charge < -0.3 is 20.2 Å². The number of nitrogens with one attached hydrogen (secondary N) is 1. The molecule has 5 rings (SSSR count). The molecule has 0 aromatic heterocycles. The maximum Gasteiger partial charge on any atom is 0.256 e. The molecule has 4 atom stereocenters. The van der Waals surface area contributed by atoms with Crippen LogP contribution in [0.2, 0.25) is 5.02 Å². The largest absolute Gasteiger partial charge is 0.391 e. The molecule has 4 unspecified atom stereocenters. The third kappa shape index (κ3) is 5.44. The number of fused-ring (bicyclic) bond motifs is 1. The molecule has 2 N–H and O–H groups in total. The lowest BCUT2D eigenvalue weighted by Gasteiger charge is -2.35. The predicted octanol–water partition coefficient (Wildman–Crippen LogP) is 3.80. The minimum atomic E-state index is -0.814. The van der Waals surface area contributed by atoms with E-state index in [0.717, 1.165) is 22.7 Å². The summed E-state index contributed by atoms with van der Waals surface area (Å²) in [5, 5.41) is 14.0. The van der Waals surface area contributed by atoms with E-state index < -0.39 is 18.2 Å². The molecule has 1 fully saturated rings. The van der Waals surface area contributed by atoms with Gasteiger partial charge in [-0.05, 0) is 35.6 Å². The third-order valence-electron chi connectivity index (χ3n) is 7.68. The fraction of sp³-hybridized carbons (Fsp3) is 0.448. The summed E-state index contributed by atoms with van der Waals surface area (Å²) in [5.41, 5.74) is 4.45. The number of carbonyl (C=O) groups is 3. The average Bonchev–Trinajstić information content (AvgIpc) is 3.60. The van der Waals surface area contributed by atoms with Crippen LogP contribution < -0.4 is 5.32 Å². The first-order chi connectivity index (χ1) is 18.7. The number of nitrogens with zero attached hydrogens (tertiary/aromatic N) is 3. The quantitative estimate of drug-likeness (QED) is 0.529. The normalized spacial score (nSPS) is 23.3. The third-order valence-corrected chi connectivity index (χ3v) is 9.22. The van der Waals surface area contributed by atoms with Crippen molar-refractivity contribution < 1.29 is 19.5 Å². The fourth-order valence-corrected chi connectivity index (χ4v) is 7.06. The highest BCUT2D eigenvalue weighted by Gasteiger charge is 2.46. The van der Waals surface area contributed by atoms with Gasteiger partial charge in [0.15, 0.2) is 0 Å². The molecule has 8 nitrogen and oxygen atoms in total. The number of benzene rings is 2. The molecule has 0 saturated carbocycles. The van der Waals surface area contributed by atoms with Gasteiger partial charge in [-0.3, -0.25) is 19.4 Å². The van der Waals surface area contributed by atoms with E-state index in [1.807, 2.05) is 39.0 Å². The number of likely N-dealkylation sites (tertiary alicyclic amines) is 1. The van der Waals surface area contributed by atoms with E-state index in [1.54, 1.807) is 28.8 Å². The molecule has 3 aliphatic rings. The van der Waals surface area contributed by atoms with Crippen molar-refractivity contribution in [3.05, 3.63) is 69.7 Å². The number of thioether (sulfide) groups is 1. The second-order valence-corrected chi connectivity index (χ2v) is 12.2. The fourth-order valence-electron chi connectivity index (χ4n) is 5.69. The van der Waals surface area contributed by atoms with Crippen LogP contribution in [0.1, 0.15) is 59.5 Å². The first kappa shape index (κ1) is 27.7. The Kier molecular flexibility index (Phi) is 8.03. The molecule has 0 radical (unpaired) electrons. The van der Waals surface area contributed by atoms with Gasteiger partial charge in [0.1, 0.15) is 12.1 Å². The van der Waals surface area contributed by atoms with Crippen molar-refractivity contribution in [2.45, 2.75) is 63.7 Å². The summed E-state index contributed by atoms with van der Waals surface area (Å²) in [6.45, 7) is 6.43. The second kappa shape index (κ2) is 11.3. The lowest BCUT2D eigenvalue weighted by molar-refractivity contribution is -0.143. The standard InChI is InChI=1S/C29H33ClN4O4S/c1-16(2)25(34-13-20-5-4-6-22(30)24(20)28(34)37)29(38)33-14-21(35)11-23(33)27(36)31-12-18-7-9-19(10-8-18)26-17(3)32-15-39-26/h4-10,16,21,23,25-26,35H,11-15H2,1-3H3,(H,31,36). The van der Waals surface area contributed by atoms with Gasteiger partial charge in [0.2, 0.25) is 11.8 Å². The Labute approximate surface area is 237 Å². The zero-order valence-electron chi connectivity index (χ0n) is 22.3. The molecule has 0 aliphatic carbocycles. The zero-order chi connectivity index (χ0) is 27.8. The van der Waals surface area contributed by atoms with E-state index in [1.165, 1.54) is 10.5 Å². The van der Waals surface area contributed by atoms with Crippen molar-refractivity contribution in [2.75, 3.05) is 12.4 Å². The van der Waals surface area contributed by atoms with Crippen molar-refractivity contribution in [2.24, 2.45) is 10.9 Å². The van der Waals surface area contributed by atoms with Crippen molar-refractivity contribution in [1.82, 2.24) is 15.1 Å². The molecular formula is C29H33ClN4O4S. The highest BCUT2D eigenvalue weighted by atomic mass is 35.5. The molecule has 3 heterocycles. The number of aliphatic hydroxyl groups excluding tert-OH is 1. The number of aliphatic hydroxyl groups is 1. The van der Waals surface area contributed by atoms with Crippen LogP contribution in [0, 0.1) is 5.92 Å². The molecule has 0 spiro atoms. The lowest BCUT2D eigenvalue weighted by atomic mass is 10.0. The lowest BCUT2D eigenvalue weighted by Crippen LogP contribution is -2.55. The monoisotopic (exact) mass is 568 g/mol. The van der Waals surface area contributed by atoms with Crippen LogP contribution in [0.4, 0.5) is 0 Å². The Morgan fingerprint density at radius 1 is 1.21 bits per heavy atom. The maximum atomic E-state index is 13.9. The summed E-state index contributed by atoms with van der Waals surface area (Å²) in [6, 6.07) is 11.8. The molecule has 0 bridgehead atoms. The molecule has 39 heavy (non-hydrogen) atoms. The van der Waals surface area contributed by atoms with E-state index in [0.29, 0.717) is 17.1 Å². The Morgan fingerprint density at radius 3 is 2.59 bits per heavy atom. The molecule has 1 saturated heterocycles.